The number of hydrogen-bond acceptors (Lipinski definition) is 3. The number of hydrogen-bond donors (Lipinski definition) is 1. The van der Waals surface area contributed by atoms with Gasteiger partial charge in [0.2, 0.25) is 0 Å². The Bertz CT molecular complexity index is 459. The Balaban J connectivity index is 2.32. The lowest BCUT2D eigenvalue weighted by molar-refractivity contribution is -0.139. The minimum absolute atomic E-state index is 0.454. The van der Waals surface area contributed by atoms with Crippen molar-refractivity contribution in [3.05, 3.63) is 29.3 Å². The van der Waals surface area contributed by atoms with Gasteiger partial charge in [-0.25, -0.2) is 4.79 Å². The Morgan fingerprint density at radius 1 is 1.33 bits per heavy atom. The highest BCUT2D eigenvalue weighted by atomic mass is 16.4. The van der Waals surface area contributed by atoms with Crippen molar-refractivity contribution in [1.29, 1.82) is 0 Å². The fourth-order valence-electron chi connectivity index (χ4n) is 2.55. The molecule has 1 aliphatic heterocycles. The van der Waals surface area contributed by atoms with Crippen LogP contribution in [0.4, 0.5) is 5.69 Å². The summed E-state index contributed by atoms with van der Waals surface area (Å²) in [6.45, 7) is 6.33. The molecule has 98 valence electrons. The van der Waals surface area contributed by atoms with Crippen molar-refractivity contribution in [3.63, 3.8) is 0 Å². The first-order valence-corrected chi connectivity index (χ1v) is 6.24. The topological polar surface area (TPSA) is 43.8 Å². The summed E-state index contributed by atoms with van der Waals surface area (Å²) in [6.07, 6.45) is 0. The van der Waals surface area contributed by atoms with Crippen LogP contribution < -0.4 is 4.90 Å². The summed E-state index contributed by atoms with van der Waals surface area (Å²) in [6, 6.07) is 5.73. The SMILES string of the molecule is Cc1ccc(N2CCN(C)CC2C(=O)O)c(C)c1. The fourth-order valence-corrected chi connectivity index (χ4v) is 2.55. The van der Waals surface area contributed by atoms with Gasteiger partial charge >= 0.3 is 5.97 Å². The maximum absolute atomic E-state index is 11.4. The predicted molar refractivity (Wildman–Crippen MR) is 72.2 cm³/mol. The molecule has 0 aromatic heterocycles. The molecule has 0 aliphatic carbocycles. The molecule has 0 amide bonds. The monoisotopic (exact) mass is 248 g/mol. The molecule has 1 aliphatic rings. The van der Waals surface area contributed by atoms with E-state index in [0.717, 1.165) is 24.3 Å². The van der Waals surface area contributed by atoms with Crippen molar-refractivity contribution in [1.82, 2.24) is 4.90 Å². The van der Waals surface area contributed by atoms with Crippen LogP contribution in [0.3, 0.4) is 0 Å². The molecule has 1 fully saturated rings. The van der Waals surface area contributed by atoms with Crippen molar-refractivity contribution in [2.75, 3.05) is 31.6 Å². The van der Waals surface area contributed by atoms with Gasteiger partial charge in [-0.1, -0.05) is 17.7 Å². The van der Waals surface area contributed by atoms with Crippen LogP contribution in [0.1, 0.15) is 11.1 Å². The molecule has 2 rings (SSSR count). The van der Waals surface area contributed by atoms with E-state index in [1.54, 1.807) is 0 Å². The molecule has 0 spiro atoms. The summed E-state index contributed by atoms with van der Waals surface area (Å²) >= 11 is 0. The normalized spacial score (nSPS) is 21.1. The summed E-state index contributed by atoms with van der Waals surface area (Å²) in [5.74, 6) is -0.749. The zero-order chi connectivity index (χ0) is 13.3. The van der Waals surface area contributed by atoms with Crippen LogP contribution in [-0.2, 0) is 4.79 Å². The van der Waals surface area contributed by atoms with E-state index < -0.39 is 12.0 Å². The van der Waals surface area contributed by atoms with Gasteiger partial charge in [0.15, 0.2) is 0 Å². The molecule has 1 aromatic carbocycles. The average Bonchev–Trinajstić information content (AvgIpc) is 2.29. The molecular weight excluding hydrogens is 228 g/mol. The number of piperazine rings is 1. The second-order valence-electron chi connectivity index (χ2n) is 5.10. The summed E-state index contributed by atoms with van der Waals surface area (Å²) in [4.78, 5) is 15.5. The third kappa shape index (κ3) is 2.48. The van der Waals surface area contributed by atoms with E-state index in [4.69, 9.17) is 0 Å². The molecule has 1 heterocycles. The van der Waals surface area contributed by atoms with Crippen molar-refractivity contribution in [3.8, 4) is 0 Å². The Morgan fingerprint density at radius 2 is 2.06 bits per heavy atom. The lowest BCUT2D eigenvalue weighted by Gasteiger charge is -2.39. The lowest BCUT2D eigenvalue weighted by atomic mass is 10.1. The standard InChI is InChI=1S/C14H20N2O2/c1-10-4-5-12(11(2)8-10)16-7-6-15(3)9-13(16)14(17)18/h4-5,8,13H,6-7,9H2,1-3H3,(H,17,18). The maximum Gasteiger partial charge on any atom is 0.327 e. The zero-order valence-corrected chi connectivity index (χ0v) is 11.2. The van der Waals surface area contributed by atoms with E-state index in [1.165, 1.54) is 5.56 Å². The predicted octanol–water partition coefficient (Wildman–Crippen LogP) is 1.51. The number of carboxylic acids is 1. The van der Waals surface area contributed by atoms with Gasteiger partial charge in [0.05, 0.1) is 0 Å². The van der Waals surface area contributed by atoms with E-state index in [0.29, 0.717) is 6.54 Å². The van der Waals surface area contributed by atoms with Gasteiger partial charge < -0.3 is 14.9 Å². The molecule has 1 N–H and O–H groups in total. The number of anilines is 1. The number of benzene rings is 1. The highest BCUT2D eigenvalue weighted by Gasteiger charge is 2.31. The lowest BCUT2D eigenvalue weighted by Crippen LogP contribution is -2.55. The zero-order valence-electron chi connectivity index (χ0n) is 11.2. The van der Waals surface area contributed by atoms with Crippen LogP contribution in [0.2, 0.25) is 0 Å². The van der Waals surface area contributed by atoms with E-state index in [1.807, 2.05) is 31.0 Å². The van der Waals surface area contributed by atoms with Crippen LogP contribution >= 0.6 is 0 Å². The Labute approximate surface area is 108 Å². The number of carbonyl (C=O) groups is 1. The van der Waals surface area contributed by atoms with Gasteiger partial charge in [0, 0.05) is 25.3 Å². The van der Waals surface area contributed by atoms with Gasteiger partial charge in [-0.15, -0.1) is 0 Å². The van der Waals surface area contributed by atoms with Crippen molar-refractivity contribution >= 4 is 11.7 Å². The number of aliphatic carboxylic acids is 1. The fraction of sp³-hybridized carbons (Fsp3) is 0.500. The molecule has 4 heteroatoms. The van der Waals surface area contributed by atoms with Gasteiger partial charge in [-0.3, -0.25) is 0 Å². The van der Waals surface area contributed by atoms with Crippen molar-refractivity contribution in [2.24, 2.45) is 0 Å². The number of likely N-dealkylation sites (N-methyl/N-ethyl adjacent to an activating group) is 1. The summed E-state index contributed by atoms with van der Waals surface area (Å²) in [5, 5.41) is 9.36. The quantitative estimate of drug-likeness (QED) is 0.861. The molecule has 18 heavy (non-hydrogen) atoms. The first-order chi connectivity index (χ1) is 8.49. The van der Waals surface area contributed by atoms with Crippen LogP contribution in [0, 0.1) is 13.8 Å². The molecule has 1 atom stereocenters. The van der Waals surface area contributed by atoms with Gasteiger partial charge in [-0.2, -0.15) is 0 Å². The highest BCUT2D eigenvalue weighted by Crippen LogP contribution is 2.25. The largest absolute Gasteiger partial charge is 0.480 e. The molecular formula is C14H20N2O2. The summed E-state index contributed by atoms with van der Waals surface area (Å²) in [5.41, 5.74) is 3.39. The number of rotatable bonds is 2. The van der Waals surface area contributed by atoms with Crippen LogP contribution in [0.25, 0.3) is 0 Å². The second-order valence-corrected chi connectivity index (χ2v) is 5.10. The maximum atomic E-state index is 11.4. The number of carboxylic acid groups (broad SMARTS) is 1. The highest BCUT2D eigenvalue weighted by molar-refractivity contribution is 5.79. The smallest absolute Gasteiger partial charge is 0.327 e. The average molecular weight is 248 g/mol. The van der Waals surface area contributed by atoms with Crippen molar-refractivity contribution < 1.29 is 9.90 Å². The molecule has 1 unspecified atom stereocenters. The summed E-state index contributed by atoms with van der Waals surface area (Å²) < 4.78 is 0. The van der Waals surface area contributed by atoms with Gasteiger partial charge in [0.25, 0.3) is 0 Å². The van der Waals surface area contributed by atoms with Crippen LogP contribution in [-0.4, -0.2) is 48.7 Å². The second kappa shape index (κ2) is 4.98. The first-order valence-electron chi connectivity index (χ1n) is 6.24. The van der Waals surface area contributed by atoms with E-state index in [2.05, 4.69) is 17.9 Å². The minimum Gasteiger partial charge on any atom is -0.480 e. The van der Waals surface area contributed by atoms with E-state index in [-0.39, 0.29) is 0 Å². The molecule has 0 bridgehead atoms. The van der Waals surface area contributed by atoms with E-state index in [9.17, 15) is 9.90 Å². The minimum atomic E-state index is -0.749. The molecule has 1 aromatic rings. The Morgan fingerprint density at radius 3 is 2.67 bits per heavy atom. The molecule has 0 saturated carbocycles. The molecule has 0 radical (unpaired) electrons. The van der Waals surface area contributed by atoms with Crippen LogP contribution in [0.15, 0.2) is 18.2 Å². The third-order valence-corrected chi connectivity index (χ3v) is 3.53. The van der Waals surface area contributed by atoms with Crippen LogP contribution in [0.5, 0.6) is 0 Å². The van der Waals surface area contributed by atoms with Gasteiger partial charge in [0.1, 0.15) is 6.04 Å². The number of nitrogens with zero attached hydrogens (tertiary/aromatic N) is 2. The third-order valence-electron chi connectivity index (χ3n) is 3.53. The molecule has 4 nitrogen and oxygen atoms in total. The van der Waals surface area contributed by atoms with Gasteiger partial charge in [-0.05, 0) is 32.5 Å². The number of aryl methyl sites for hydroxylation is 2. The summed E-state index contributed by atoms with van der Waals surface area (Å²) in [7, 11) is 1.97. The Kier molecular flexibility index (Phi) is 3.57. The van der Waals surface area contributed by atoms with Crippen molar-refractivity contribution in [2.45, 2.75) is 19.9 Å². The first kappa shape index (κ1) is 12.9. The Hall–Kier alpha value is -1.55. The molecule has 1 saturated heterocycles. The van der Waals surface area contributed by atoms with E-state index >= 15 is 0 Å².